The second-order valence-corrected chi connectivity index (χ2v) is 6.09. The maximum absolute atomic E-state index is 11.9. The smallest absolute Gasteiger partial charge is 0.242 e. The number of nitrogens with zero attached hydrogens (tertiary/aromatic N) is 1. The number of nitrogens with one attached hydrogen (secondary N) is 1. The van der Waals surface area contributed by atoms with E-state index in [-0.39, 0.29) is 5.91 Å². The fraction of sp³-hybridized carbons (Fsp3) is 0.929. The van der Waals surface area contributed by atoms with Crippen molar-refractivity contribution in [2.24, 2.45) is 11.7 Å². The maximum Gasteiger partial charge on any atom is 0.242 e. The van der Waals surface area contributed by atoms with Crippen LogP contribution in [-0.4, -0.2) is 55.7 Å². The molecule has 0 aromatic rings. The number of likely N-dealkylation sites (tertiary alicyclic amines) is 1. The van der Waals surface area contributed by atoms with Crippen LogP contribution in [0.4, 0.5) is 0 Å². The lowest BCUT2D eigenvalue weighted by molar-refractivity contribution is -0.126. The van der Waals surface area contributed by atoms with E-state index in [4.69, 9.17) is 10.5 Å². The molecule has 3 N–H and O–H groups in total. The van der Waals surface area contributed by atoms with Crippen molar-refractivity contribution >= 4 is 5.91 Å². The molecule has 110 valence electrons. The van der Waals surface area contributed by atoms with Crippen molar-refractivity contribution in [3.05, 3.63) is 0 Å². The largest absolute Gasteiger partial charge is 0.379 e. The number of amides is 1. The number of nitrogens with two attached hydrogens (primary N) is 1. The maximum atomic E-state index is 11.9. The Kier molecular flexibility index (Phi) is 5.19. The van der Waals surface area contributed by atoms with Crippen molar-refractivity contribution in [2.45, 2.75) is 38.1 Å². The van der Waals surface area contributed by atoms with Crippen molar-refractivity contribution in [3.63, 3.8) is 0 Å². The molecule has 2 aliphatic heterocycles. The number of ether oxygens (including phenoxy) is 1. The van der Waals surface area contributed by atoms with Gasteiger partial charge in [0.15, 0.2) is 0 Å². The van der Waals surface area contributed by atoms with Crippen molar-refractivity contribution in [2.75, 3.05) is 39.4 Å². The summed E-state index contributed by atoms with van der Waals surface area (Å²) >= 11 is 0. The van der Waals surface area contributed by atoms with Crippen LogP contribution < -0.4 is 11.1 Å². The third kappa shape index (κ3) is 4.16. The summed E-state index contributed by atoms with van der Waals surface area (Å²) in [5.74, 6) is 0.813. The highest BCUT2D eigenvalue weighted by Gasteiger charge is 2.37. The molecule has 2 heterocycles. The van der Waals surface area contributed by atoms with Gasteiger partial charge in [0.2, 0.25) is 5.91 Å². The average Bonchev–Trinajstić information content (AvgIpc) is 2.85. The van der Waals surface area contributed by atoms with E-state index in [0.29, 0.717) is 26.2 Å². The molecule has 0 aliphatic carbocycles. The van der Waals surface area contributed by atoms with Crippen LogP contribution in [0.1, 0.15) is 32.6 Å². The van der Waals surface area contributed by atoms with Gasteiger partial charge >= 0.3 is 0 Å². The molecule has 0 spiro atoms. The summed E-state index contributed by atoms with van der Waals surface area (Å²) in [5.41, 5.74) is 5.20. The van der Waals surface area contributed by atoms with E-state index < -0.39 is 5.54 Å². The van der Waals surface area contributed by atoms with Gasteiger partial charge in [-0.05, 0) is 51.2 Å². The predicted octanol–water partition coefficient (Wildman–Crippen LogP) is 0.342. The van der Waals surface area contributed by atoms with Crippen LogP contribution in [0.15, 0.2) is 0 Å². The summed E-state index contributed by atoms with van der Waals surface area (Å²) in [7, 11) is 0. The van der Waals surface area contributed by atoms with E-state index in [0.717, 1.165) is 18.9 Å². The van der Waals surface area contributed by atoms with Crippen molar-refractivity contribution in [3.8, 4) is 0 Å². The Balaban J connectivity index is 1.58. The SMILES string of the molecule is CC1CCN(CCCNC(=O)C2(N)CCOC2)CC1. The van der Waals surface area contributed by atoms with Crippen LogP contribution >= 0.6 is 0 Å². The van der Waals surface area contributed by atoms with Gasteiger partial charge in [-0.1, -0.05) is 6.92 Å². The summed E-state index contributed by atoms with van der Waals surface area (Å²) < 4.78 is 5.20. The lowest BCUT2D eigenvalue weighted by Crippen LogP contribution is -2.54. The Morgan fingerprint density at radius 1 is 1.47 bits per heavy atom. The van der Waals surface area contributed by atoms with Gasteiger partial charge in [0, 0.05) is 13.2 Å². The van der Waals surface area contributed by atoms with Gasteiger partial charge in [-0.15, -0.1) is 0 Å². The summed E-state index contributed by atoms with van der Waals surface area (Å²) in [6, 6.07) is 0. The molecule has 1 atom stereocenters. The molecular formula is C14H27N3O2. The Morgan fingerprint density at radius 3 is 2.84 bits per heavy atom. The first-order chi connectivity index (χ1) is 9.10. The molecule has 1 amide bonds. The molecule has 0 saturated carbocycles. The number of piperidine rings is 1. The van der Waals surface area contributed by atoms with Crippen molar-refractivity contribution in [1.29, 1.82) is 0 Å². The summed E-state index contributed by atoms with van der Waals surface area (Å²) in [4.78, 5) is 14.4. The van der Waals surface area contributed by atoms with Gasteiger partial charge in [-0.3, -0.25) is 4.79 Å². The van der Waals surface area contributed by atoms with Crippen LogP contribution in [0.5, 0.6) is 0 Å². The zero-order valence-corrected chi connectivity index (χ0v) is 12.0. The molecule has 5 heteroatoms. The van der Waals surface area contributed by atoms with Crippen LogP contribution in [0.2, 0.25) is 0 Å². The van der Waals surface area contributed by atoms with Gasteiger partial charge in [-0.25, -0.2) is 0 Å². The van der Waals surface area contributed by atoms with Crippen molar-refractivity contribution < 1.29 is 9.53 Å². The van der Waals surface area contributed by atoms with E-state index >= 15 is 0 Å². The molecule has 1 unspecified atom stereocenters. The Hall–Kier alpha value is -0.650. The van der Waals surface area contributed by atoms with Crippen molar-refractivity contribution in [1.82, 2.24) is 10.2 Å². The second-order valence-electron chi connectivity index (χ2n) is 6.09. The first kappa shape index (κ1) is 14.8. The molecule has 2 aliphatic rings. The first-order valence-corrected chi connectivity index (χ1v) is 7.47. The fourth-order valence-electron chi connectivity index (χ4n) is 2.73. The fourth-order valence-corrected chi connectivity index (χ4v) is 2.73. The Bertz CT molecular complexity index is 295. The van der Waals surface area contributed by atoms with E-state index in [1.807, 2.05) is 0 Å². The third-order valence-electron chi connectivity index (χ3n) is 4.32. The summed E-state index contributed by atoms with van der Waals surface area (Å²) in [6.45, 7) is 7.44. The van der Waals surface area contributed by atoms with Crippen LogP contribution in [0.25, 0.3) is 0 Å². The summed E-state index contributed by atoms with van der Waals surface area (Å²) in [6.07, 6.45) is 4.23. The summed E-state index contributed by atoms with van der Waals surface area (Å²) in [5, 5.41) is 2.94. The highest BCUT2D eigenvalue weighted by atomic mass is 16.5. The molecule has 19 heavy (non-hydrogen) atoms. The molecule has 0 radical (unpaired) electrons. The minimum atomic E-state index is -0.791. The monoisotopic (exact) mass is 269 g/mol. The number of carbonyl (C=O) groups excluding carboxylic acids is 1. The molecule has 0 aromatic carbocycles. The Morgan fingerprint density at radius 2 is 2.21 bits per heavy atom. The van der Waals surface area contributed by atoms with Crippen LogP contribution in [0, 0.1) is 5.92 Å². The minimum Gasteiger partial charge on any atom is -0.379 e. The third-order valence-corrected chi connectivity index (χ3v) is 4.32. The standard InChI is InChI=1S/C14H27N3O2/c1-12-3-8-17(9-4-12)7-2-6-16-13(18)14(15)5-10-19-11-14/h12H,2-11,15H2,1H3,(H,16,18). The van der Waals surface area contributed by atoms with Gasteiger partial charge in [-0.2, -0.15) is 0 Å². The molecule has 0 bridgehead atoms. The average molecular weight is 269 g/mol. The zero-order chi connectivity index (χ0) is 13.7. The van der Waals surface area contributed by atoms with Crippen LogP contribution in [-0.2, 0) is 9.53 Å². The molecule has 2 fully saturated rings. The topological polar surface area (TPSA) is 67.6 Å². The molecule has 5 nitrogen and oxygen atoms in total. The first-order valence-electron chi connectivity index (χ1n) is 7.47. The second kappa shape index (κ2) is 6.68. The number of hydrogen-bond donors (Lipinski definition) is 2. The van der Waals surface area contributed by atoms with Gasteiger partial charge in [0.25, 0.3) is 0 Å². The molecule has 2 rings (SSSR count). The Labute approximate surface area is 115 Å². The molecular weight excluding hydrogens is 242 g/mol. The van der Waals surface area contributed by atoms with E-state index in [1.54, 1.807) is 0 Å². The molecule has 2 saturated heterocycles. The lowest BCUT2D eigenvalue weighted by atomic mass is 9.99. The number of rotatable bonds is 5. The van der Waals surface area contributed by atoms with Gasteiger partial charge in [0.1, 0.15) is 5.54 Å². The highest BCUT2D eigenvalue weighted by Crippen LogP contribution is 2.16. The number of hydrogen-bond acceptors (Lipinski definition) is 4. The minimum absolute atomic E-state index is 0.0581. The van der Waals surface area contributed by atoms with Crippen LogP contribution in [0.3, 0.4) is 0 Å². The van der Waals surface area contributed by atoms with E-state index in [2.05, 4.69) is 17.1 Å². The van der Waals surface area contributed by atoms with Gasteiger partial charge in [0.05, 0.1) is 6.61 Å². The van der Waals surface area contributed by atoms with E-state index in [1.165, 1.54) is 25.9 Å². The molecule has 0 aromatic heterocycles. The van der Waals surface area contributed by atoms with Gasteiger partial charge < -0.3 is 20.7 Å². The van der Waals surface area contributed by atoms with E-state index in [9.17, 15) is 4.79 Å². The lowest BCUT2D eigenvalue weighted by Gasteiger charge is -2.30. The number of carbonyl (C=O) groups is 1. The normalized spacial score (nSPS) is 29.6. The zero-order valence-electron chi connectivity index (χ0n) is 12.0. The quantitative estimate of drug-likeness (QED) is 0.706. The highest BCUT2D eigenvalue weighted by molar-refractivity contribution is 5.86. The predicted molar refractivity (Wildman–Crippen MR) is 74.8 cm³/mol.